The Labute approximate surface area is 186 Å². The number of amides is 1. The van der Waals surface area contributed by atoms with Crippen molar-refractivity contribution >= 4 is 49.1 Å². The Morgan fingerprint density at radius 1 is 1.33 bits per heavy atom. The number of phenolic OH excluding ortho intramolecular Hbond substituents is 1. The summed E-state index contributed by atoms with van der Waals surface area (Å²) in [5, 5.41) is 12.4. The van der Waals surface area contributed by atoms with Gasteiger partial charge in [-0.05, 0) is 48.6 Å². The monoisotopic (exact) mass is 520 g/mol. The highest BCUT2D eigenvalue weighted by Crippen LogP contribution is 2.42. The van der Waals surface area contributed by atoms with Gasteiger partial charge in [-0.3, -0.25) is 9.52 Å². The summed E-state index contributed by atoms with van der Waals surface area (Å²) < 4.78 is 48.1. The summed E-state index contributed by atoms with van der Waals surface area (Å²) in [6, 6.07) is 5.27. The SMILES string of the molecule is COCCNC(=O)c1cc(C2CC2)cc(NS(=O)(=O)c2cc(Br)cc(Cl)c2O)c1F. The topological polar surface area (TPSA) is 105 Å². The lowest BCUT2D eigenvalue weighted by Crippen LogP contribution is -2.28. The number of carbonyl (C=O) groups excluding carboxylic acids is 1. The van der Waals surface area contributed by atoms with Crippen molar-refractivity contribution in [2.45, 2.75) is 23.7 Å². The van der Waals surface area contributed by atoms with Gasteiger partial charge in [-0.25, -0.2) is 12.8 Å². The van der Waals surface area contributed by atoms with E-state index in [2.05, 4.69) is 26.0 Å². The van der Waals surface area contributed by atoms with Gasteiger partial charge in [0, 0.05) is 18.1 Å². The summed E-state index contributed by atoms with van der Waals surface area (Å²) in [5.74, 6) is -2.23. The molecule has 0 saturated heterocycles. The number of rotatable bonds is 8. The minimum absolute atomic E-state index is 0.132. The molecule has 30 heavy (non-hydrogen) atoms. The number of sulfonamides is 1. The molecule has 1 saturated carbocycles. The van der Waals surface area contributed by atoms with Gasteiger partial charge in [-0.2, -0.15) is 0 Å². The van der Waals surface area contributed by atoms with Crippen molar-refractivity contribution < 1.29 is 27.4 Å². The van der Waals surface area contributed by atoms with E-state index in [1.807, 2.05) is 0 Å². The van der Waals surface area contributed by atoms with Crippen LogP contribution in [0.25, 0.3) is 0 Å². The van der Waals surface area contributed by atoms with E-state index >= 15 is 4.39 Å². The average molecular weight is 522 g/mol. The molecule has 3 rings (SSSR count). The number of methoxy groups -OCH3 is 1. The lowest BCUT2D eigenvalue weighted by atomic mass is 10.0. The fourth-order valence-corrected chi connectivity index (χ4v) is 5.06. The Hall–Kier alpha value is -1.88. The van der Waals surface area contributed by atoms with Gasteiger partial charge >= 0.3 is 0 Å². The molecule has 0 aromatic heterocycles. The molecule has 7 nitrogen and oxygen atoms in total. The standard InChI is InChI=1S/C19H19BrClFN2O5S/c1-29-5-4-23-19(26)13-6-11(10-2-3-10)7-15(17(13)22)24-30(27,28)16-9-12(20)8-14(21)18(16)25/h6-10,24-25H,2-5H2,1H3,(H,23,26). The largest absolute Gasteiger partial charge is 0.505 e. The summed E-state index contributed by atoms with van der Waals surface area (Å²) in [5.41, 5.74) is -0.000947. The average Bonchev–Trinajstić information content (AvgIpc) is 3.51. The molecular formula is C19H19BrClFN2O5S. The van der Waals surface area contributed by atoms with Crippen LogP contribution in [0.15, 0.2) is 33.6 Å². The van der Waals surface area contributed by atoms with Crippen LogP contribution >= 0.6 is 27.5 Å². The first kappa shape index (κ1) is 22.8. The molecule has 1 fully saturated rings. The van der Waals surface area contributed by atoms with Crippen molar-refractivity contribution in [2.24, 2.45) is 0 Å². The van der Waals surface area contributed by atoms with Crippen LogP contribution in [0.3, 0.4) is 0 Å². The quantitative estimate of drug-likeness (QED) is 0.456. The molecule has 1 amide bonds. The lowest BCUT2D eigenvalue weighted by Gasteiger charge is -2.15. The molecule has 3 N–H and O–H groups in total. The number of benzene rings is 2. The fraction of sp³-hybridized carbons (Fsp3) is 0.316. The minimum Gasteiger partial charge on any atom is -0.505 e. The Morgan fingerprint density at radius 3 is 2.67 bits per heavy atom. The second-order valence-electron chi connectivity index (χ2n) is 6.79. The number of aromatic hydroxyl groups is 1. The normalized spacial score (nSPS) is 13.9. The Morgan fingerprint density at radius 2 is 2.03 bits per heavy atom. The zero-order valence-electron chi connectivity index (χ0n) is 15.8. The second kappa shape index (κ2) is 9.09. The molecule has 2 aromatic carbocycles. The third-order valence-corrected chi connectivity index (χ3v) is 6.63. The van der Waals surface area contributed by atoms with E-state index in [4.69, 9.17) is 16.3 Å². The second-order valence-corrected chi connectivity index (χ2v) is 9.77. The van der Waals surface area contributed by atoms with E-state index in [1.165, 1.54) is 25.3 Å². The van der Waals surface area contributed by atoms with Crippen molar-refractivity contribution in [3.63, 3.8) is 0 Å². The van der Waals surface area contributed by atoms with Crippen LogP contribution in [0.5, 0.6) is 5.75 Å². The Kier molecular flexibility index (Phi) is 6.91. The number of anilines is 1. The van der Waals surface area contributed by atoms with Gasteiger partial charge in [0.1, 0.15) is 4.90 Å². The van der Waals surface area contributed by atoms with E-state index in [1.54, 1.807) is 0 Å². The van der Waals surface area contributed by atoms with Crippen molar-refractivity contribution in [1.82, 2.24) is 5.32 Å². The van der Waals surface area contributed by atoms with Crippen LogP contribution in [0.4, 0.5) is 10.1 Å². The molecule has 11 heteroatoms. The molecule has 162 valence electrons. The first-order valence-corrected chi connectivity index (χ1v) is 11.6. The molecular weight excluding hydrogens is 503 g/mol. The van der Waals surface area contributed by atoms with E-state index in [0.717, 1.165) is 18.9 Å². The van der Waals surface area contributed by atoms with Crippen LogP contribution in [0.2, 0.25) is 5.02 Å². The van der Waals surface area contributed by atoms with Gasteiger partial charge in [0.25, 0.3) is 15.9 Å². The summed E-state index contributed by atoms with van der Waals surface area (Å²) in [6.07, 6.45) is 1.73. The number of ether oxygens (including phenoxy) is 1. The van der Waals surface area contributed by atoms with Crippen molar-refractivity contribution in [3.05, 3.63) is 50.7 Å². The highest BCUT2D eigenvalue weighted by Gasteiger charge is 2.29. The number of hydrogen-bond donors (Lipinski definition) is 3. The smallest absolute Gasteiger partial charge is 0.265 e. The predicted molar refractivity (Wildman–Crippen MR) is 114 cm³/mol. The first-order valence-electron chi connectivity index (χ1n) is 8.95. The molecule has 0 heterocycles. The highest BCUT2D eigenvalue weighted by atomic mass is 79.9. The van der Waals surface area contributed by atoms with Crippen molar-refractivity contribution in [3.8, 4) is 5.75 Å². The fourth-order valence-electron chi connectivity index (χ4n) is 2.85. The van der Waals surface area contributed by atoms with E-state index in [0.29, 0.717) is 10.0 Å². The number of hydrogen-bond acceptors (Lipinski definition) is 5. The first-order chi connectivity index (χ1) is 14.1. The van der Waals surface area contributed by atoms with E-state index in [-0.39, 0.29) is 35.3 Å². The van der Waals surface area contributed by atoms with Crippen LogP contribution in [0, 0.1) is 5.82 Å². The van der Waals surface area contributed by atoms with Crippen LogP contribution in [0.1, 0.15) is 34.7 Å². The molecule has 0 spiro atoms. The maximum absolute atomic E-state index is 15.1. The maximum Gasteiger partial charge on any atom is 0.265 e. The van der Waals surface area contributed by atoms with E-state index < -0.39 is 32.4 Å². The van der Waals surface area contributed by atoms with Gasteiger partial charge in [-0.15, -0.1) is 0 Å². The van der Waals surface area contributed by atoms with Crippen LogP contribution < -0.4 is 10.0 Å². The lowest BCUT2D eigenvalue weighted by molar-refractivity contribution is 0.0933. The summed E-state index contributed by atoms with van der Waals surface area (Å²) >= 11 is 8.97. The number of nitrogens with one attached hydrogen (secondary N) is 2. The van der Waals surface area contributed by atoms with Gasteiger partial charge in [0.2, 0.25) is 0 Å². The molecule has 0 radical (unpaired) electrons. The number of phenols is 1. The molecule has 1 aliphatic carbocycles. The van der Waals surface area contributed by atoms with Crippen molar-refractivity contribution in [1.29, 1.82) is 0 Å². The Balaban J connectivity index is 2.00. The highest BCUT2D eigenvalue weighted by molar-refractivity contribution is 9.10. The van der Waals surface area contributed by atoms with Gasteiger partial charge in [0.05, 0.1) is 22.9 Å². The van der Waals surface area contributed by atoms with Gasteiger partial charge in [0.15, 0.2) is 11.6 Å². The molecule has 0 unspecified atom stereocenters. The molecule has 0 atom stereocenters. The minimum atomic E-state index is -4.40. The predicted octanol–water partition coefficient (Wildman–Crippen LogP) is 4.00. The van der Waals surface area contributed by atoms with Gasteiger partial charge in [-0.1, -0.05) is 27.5 Å². The molecule has 0 aliphatic heterocycles. The number of carbonyl (C=O) groups is 1. The van der Waals surface area contributed by atoms with Crippen LogP contribution in [-0.2, 0) is 14.8 Å². The third-order valence-electron chi connectivity index (χ3n) is 4.51. The maximum atomic E-state index is 15.1. The van der Waals surface area contributed by atoms with Crippen molar-refractivity contribution in [2.75, 3.05) is 25.0 Å². The zero-order valence-corrected chi connectivity index (χ0v) is 19.0. The molecule has 1 aliphatic rings. The summed E-state index contributed by atoms with van der Waals surface area (Å²) in [4.78, 5) is 11.9. The zero-order chi connectivity index (χ0) is 22.1. The summed E-state index contributed by atoms with van der Waals surface area (Å²) in [6.45, 7) is 0.423. The molecule has 0 bridgehead atoms. The molecule has 2 aromatic rings. The Bertz CT molecular complexity index is 1090. The van der Waals surface area contributed by atoms with E-state index in [9.17, 15) is 18.3 Å². The number of halogens is 3. The van der Waals surface area contributed by atoms with Crippen LogP contribution in [-0.4, -0.2) is 39.7 Å². The summed E-state index contributed by atoms with van der Waals surface area (Å²) in [7, 11) is -2.93. The van der Waals surface area contributed by atoms with Gasteiger partial charge < -0.3 is 15.2 Å². The third kappa shape index (κ3) is 5.05.